The largest absolute Gasteiger partial charge is 0.489 e. The molecule has 2 N–H and O–H groups in total. The van der Waals surface area contributed by atoms with Crippen molar-refractivity contribution < 1.29 is 23.8 Å². The van der Waals surface area contributed by atoms with Gasteiger partial charge in [0.05, 0.1) is 5.25 Å². The van der Waals surface area contributed by atoms with Gasteiger partial charge in [-0.05, 0) is 81.3 Å². The Kier molecular flexibility index (Phi) is 6.62. The van der Waals surface area contributed by atoms with E-state index in [1.54, 1.807) is 0 Å². The fourth-order valence-corrected chi connectivity index (χ4v) is 5.29. The molecule has 0 aromatic heterocycles. The van der Waals surface area contributed by atoms with E-state index in [0.29, 0.717) is 18.8 Å². The van der Waals surface area contributed by atoms with Crippen molar-refractivity contribution in [3.63, 3.8) is 0 Å². The van der Waals surface area contributed by atoms with E-state index in [9.17, 15) is 9.59 Å². The van der Waals surface area contributed by atoms with Crippen molar-refractivity contribution in [2.75, 3.05) is 6.61 Å². The van der Waals surface area contributed by atoms with Crippen molar-refractivity contribution in [2.24, 2.45) is 0 Å². The van der Waals surface area contributed by atoms with Crippen LogP contribution in [0.1, 0.15) is 48.1 Å². The van der Waals surface area contributed by atoms with Crippen LogP contribution in [0.4, 0.5) is 0 Å². The third kappa shape index (κ3) is 4.92. The lowest BCUT2D eigenvalue weighted by Crippen LogP contribution is -2.42. The standard InChI is InChI=1S/C26H30N2O5S/c1-14-15(2)23-20(16(3)22(14)32-17(4)29)10-11-26(5,33-23)13-31-19-8-6-18(7-9-19)12-21-24(30)28-25(27)34-21/h6-9,21H,10-13H2,1-5H3,(H2,27,28,30). The number of rotatable bonds is 6. The minimum Gasteiger partial charge on any atom is -0.489 e. The molecule has 2 aliphatic rings. The van der Waals surface area contributed by atoms with Crippen molar-refractivity contribution in [3.8, 4) is 17.2 Å². The van der Waals surface area contributed by atoms with Crippen LogP contribution in [0, 0.1) is 26.2 Å². The highest BCUT2D eigenvalue weighted by molar-refractivity contribution is 8.15. The molecule has 0 radical (unpaired) electrons. The number of fused-ring (bicyclic) bond motifs is 1. The zero-order valence-corrected chi connectivity index (χ0v) is 21.0. The lowest BCUT2D eigenvalue weighted by atomic mass is 9.87. The van der Waals surface area contributed by atoms with Gasteiger partial charge < -0.3 is 19.5 Å². The lowest BCUT2D eigenvalue weighted by Gasteiger charge is -2.37. The second-order valence-electron chi connectivity index (χ2n) is 9.22. The van der Waals surface area contributed by atoms with Gasteiger partial charge in [0.2, 0.25) is 5.91 Å². The Morgan fingerprint density at radius 1 is 1.21 bits per heavy atom. The lowest BCUT2D eigenvalue weighted by molar-refractivity contribution is -0.132. The number of benzene rings is 2. The van der Waals surface area contributed by atoms with Gasteiger partial charge in [0.15, 0.2) is 5.17 Å². The van der Waals surface area contributed by atoms with Crippen LogP contribution >= 0.6 is 11.8 Å². The van der Waals surface area contributed by atoms with Crippen molar-refractivity contribution in [1.82, 2.24) is 5.32 Å². The van der Waals surface area contributed by atoms with Crippen LogP contribution in [0.5, 0.6) is 17.2 Å². The maximum Gasteiger partial charge on any atom is 0.308 e. The Morgan fingerprint density at radius 3 is 2.53 bits per heavy atom. The number of hydrogen-bond donors (Lipinski definition) is 2. The minimum atomic E-state index is -0.489. The molecule has 34 heavy (non-hydrogen) atoms. The van der Waals surface area contributed by atoms with Gasteiger partial charge in [0.1, 0.15) is 29.5 Å². The first-order valence-corrected chi connectivity index (χ1v) is 12.2. The summed E-state index contributed by atoms with van der Waals surface area (Å²) in [6.45, 7) is 9.79. The molecule has 2 aliphatic heterocycles. The normalized spacial score (nSPS) is 21.5. The van der Waals surface area contributed by atoms with Crippen molar-refractivity contribution >= 4 is 28.8 Å². The van der Waals surface area contributed by atoms with Gasteiger partial charge in [0, 0.05) is 12.5 Å². The molecule has 2 heterocycles. The molecule has 7 nitrogen and oxygen atoms in total. The van der Waals surface area contributed by atoms with Crippen molar-refractivity contribution in [1.29, 1.82) is 5.41 Å². The Morgan fingerprint density at radius 2 is 1.91 bits per heavy atom. The number of carbonyl (C=O) groups excluding carboxylic acids is 2. The Bertz CT molecular complexity index is 1160. The first-order chi connectivity index (χ1) is 16.1. The quantitative estimate of drug-likeness (QED) is 0.468. The predicted molar refractivity (Wildman–Crippen MR) is 132 cm³/mol. The summed E-state index contributed by atoms with van der Waals surface area (Å²) in [6.07, 6.45) is 2.16. The summed E-state index contributed by atoms with van der Waals surface area (Å²) in [6, 6.07) is 7.72. The zero-order valence-electron chi connectivity index (χ0n) is 20.2. The van der Waals surface area contributed by atoms with Gasteiger partial charge in [-0.25, -0.2) is 0 Å². The third-order valence-corrected chi connectivity index (χ3v) is 7.49. The van der Waals surface area contributed by atoms with Crippen LogP contribution in [-0.2, 0) is 22.4 Å². The number of hydrogen-bond acceptors (Lipinski definition) is 7. The number of thioether (sulfide) groups is 1. The number of carbonyl (C=O) groups is 2. The summed E-state index contributed by atoms with van der Waals surface area (Å²) in [5.41, 5.74) is 4.47. The first-order valence-electron chi connectivity index (χ1n) is 11.3. The molecule has 0 spiro atoms. The number of ether oxygens (including phenoxy) is 3. The molecule has 2 aromatic carbocycles. The molecule has 0 aliphatic carbocycles. The second-order valence-corrected chi connectivity index (χ2v) is 10.4. The smallest absolute Gasteiger partial charge is 0.308 e. The summed E-state index contributed by atoms with van der Waals surface area (Å²) in [7, 11) is 0. The van der Waals surface area contributed by atoms with Crippen LogP contribution < -0.4 is 19.5 Å². The molecule has 0 bridgehead atoms. The van der Waals surface area contributed by atoms with Crippen LogP contribution in [-0.4, -0.2) is 34.5 Å². The zero-order chi connectivity index (χ0) is 24.6. The Labute approximate surface area is 204 Å². The van der Waals surface area contributed by atoms with E-state index in [-0.39, 0.29) is 22.3 Å². The number of nitrogens with one attached hydrogen (secondary N) is 2. The van der Waals surface area contributed by atoms with Crippen LogP contribution in [0.15, 0.2) is 24.3 Å². The summed E-state index contributed by atoms with van der Waals surface area (Å²) in [5, 5.41) is 10.1. The molecule has 180 valence electrons. The molecule has 2 unspecified atom stereocenters. The molecule has 2 aromatic rings. The van der Waals surface area contributed by atoms with Crippen molar-refractivity contribution in [2.45, 2.75) is 64.7 Å². The van der Waals surface area contributed by atoms with Gasteiger partial charge in [-0.15, -0.1) is 0 Å². The predicted octanol–water partition coefficient (Wildman–Crippen LogP) is 4.41. The van der Waals surface area contributed by atoms with Gasteiger partial charge in [-0.3, -0.25) is 15.0 Å². The van der Waals surface area contributed by atoms with E-state index in [1.807, 2.05) is 45.0 Å². The maximum atomic E-state index is 11.9. The minimum absolute atomic E-state index is 0.112. The summed E-state index contributed by atoms with van der Waals surface area (Å²) in [4.78, 5) is 23.4. The van der Waals surface area contributed by atoms with E-state index < -0.39 is 5.60 Å². The number of amides is 1. The summed E-state index contributed by atoms with van der Waals surface area (Å²) in [5.74, 6) is 1.80. The fraction of sp³-hybridized carbons (Fsp3) is 0.423. The highest BCUT2D eigenvalue weighted by Gasteiger charge is 2.36. The number of esters is 1. The van der Waals surface area contributed by atoms with Crippen LogP contribution in [0.3, 0.4) is 0 Å². The molecule has 4 rings (SSSR count). The van der Waals surface area contributed by atoms with Gasteiger partial charge in [-0.1, -0.05) is 23.9 Å². The molecule has 0 saturated carbocycles. The van der Waals surface area contributed by atoms with E-state index in [4.69, 9.17) is 19.6 Å². The van der Waals surface area contributed by atoms with E-state index >= 15 is 0 Å². The average Bonchev–Trinajstić information content (AvgIpc) is 3.11. The average molecular weight is 483 g/mol. The topological polar surface area (TPSA) is 97.7 Å². The Balaban J connectivity index is 1.42. The van der Waals surface area contributed by atoms with Gasteiger partial charge >= 0.3 is 5.97 Å². The van der Waals surface area contributed by atoms with Gasteiger partial charge in [-0.2, -0.15) is 0 Å². The Hall–Kier alpha value is -3.00. The molecule has 1 saturated heterocycles. The molecule has 1 amide bonds. The SMILES string of the molecule is CC(=O)Oc1c(C)c(C)c2c(c1C)CCC(C)(COc1ccc(CC3SC(=N)NC3=O)cc1)O2. The van der Waals surface area contributed by atoms with E-state index in [2.05, 4.69) is 12.2 Å². The molecule has 1 fully saturated rings. The fourth-order valence-electron chi connectivity index (χ4n) is 4.40. The monoisotopic (exact) mass is 482 g/mol. The number of amidine groups is 1. The van der Waals surface area contributed by atoms with E-state index in [1.165, 1.54) is 18.7 Å². The second kappa shape index (κ2) is 9.33. The highest BCUT2D eigenvalue weighted by Crippen LogP contribution is 2.44. The maximum absolute atomic E-state index is 11.9. The summed E-state index contributed by atoms with van der Waals surface area (Å²) >= 11 is 1.25. The van der Waals surface area contributed by atoms with E-state index in [0.717, 1.165) is 52.2 Å². The molecular weight excluding hydrogens is 452 g/mol. The third-order valence-electron chi connectivity index (χ3n) is 6.49. The molecule has 2 atom stereocenters. The van der Waals surface area contributed by atoms with Crippen LogP contribution in [0.25, 0.3) is 0 Å². The summed E-state index contributed by atoms with van der Waals surface area (Å²) < 4.78 is 18.1. The van der Waals surface area contributed by atoms with Gasteiger partial charge in [0.25, 0.3) is 0 Å². The highest BCUT2D eigenvalue weighted by atomic mass is 32.2. The molecular formula is C26H30N2O5S. The first kappa shape index (κ1) is 24.1. The van der Waals surface area contributed by atoms with Crippen molar-refractivity contribution in [3.05, 3.63) is 52.1 Å². The molecule has 8 heteroatoms. The van der Waals surface area contributed by atoms with Crippen LogP contribution in [0.2, 0.25) is 0 Å².